The fourth-order valence-electron chi connectivity index (χ4n) is 3.06. The first kappa shape index (κ1) is 20.3. The van der Waals surface area contributed by atoms with E-state index >= 15 is 0 Å². The minimum Gasteiger partial charge on any atom is -0.351 e. The molecular formula is C25H26N2O2. The lowest BCUT2D eigenvalue weighted by molar-refractivity contribution is -0.131. The SMILES string of the molecule is Cc1ccc(CNC(=O)C(C(=O)NCc2ccc(C)cc2)c2ccccc2)cc1. The van der Waals surface area contributed by atoms with Crippen molar-refractivity contribution in [2.75, 3.05) is 0 Å². The molecule has 29 heavy (non-hydrogen) atoms. The normalized spacial score (nSPS) is 10.6. The Hall–Kier alpha value is -3.40. The lowest BCUT2D eigenvalue weighted by Gasteiger charge is -2.17. The summed E-state index contributed by atoms with van der Waals surface area (Å²) in [5, 5.41) is 5.81. The smallest absolute Gasteiger partial charge is 0.237 e. The summed E-state index contributed by atoms with van der Waals surface area (Å²) in [6, 6.07) is 25.1. The first-order valence-corrected chi connectivity index (χ1v) is 9.74. The first-order chi connectivity index (χ1) is 14.0. The van der Waals surface area contributed by atoms with Crippen molar-refractivity contribution < 1.29 is 9.59 Å². The van der Waals surface area contributed by atoms with Gasteiger partial charge in [-0.2, -0.15) is 0 Å². The van der Waals surface area contributed by atoms with Gasteiger partial charge in [0.2, 0.25) is 11.8 Å². The minimum atomic E-state index is -0.896. The number of amides is 2. The van der Waals surface area contributed by atoms with Gasteiger partial charge in [-0.1, -0.05) is 90.0 Å². The van der Waals surface area contributed by atoms with Crippen LogP contribution >= 0.6 is 0 Å². The zero-order valence-electron chi connectivity index (χ0n) is 16.8. The van der Waals surface area contributed by atoms with Crippen molar-refractivity contribution in [2.45, 2.75) is 32.9 Å². The van der Waals surface area contributed by atoms with E-state index in [1.165, 1.54) is 0 Å². The molecule has 0 bridgehead atoms. The third kappa shape index (κ3) is 5.79. The van der Waals surface area contributed by atoms with Crippen LogP contribution in [0.15, 0.2) is 78.9 Å². The lowest BCUT2D eigenvalue weighted by atomic mass is 9.97. The highest BCUT2D eigenvalue weighted by atomic mass is 16.2. The van der Waals surface area contributed by atoms with Crippen LogP contribution in [0.2, 0.25) is 0 Å². The van der Waals surface area contributed by atoms with Gasteiger partial charge in [-0.3, -0.25) is 9.59 Å². The van der Waals surface area contributed by atoms with E-state index in [1.807, 2.05) is 92.7 Å². The van der Waals surface area contributed by atoms with Gasteiger partial charge in [-0.15, -0.1) is 0 Å². The Bertz CT molecular complexity index is 887. The van der Waals surface area contributed by atoms with Gasteiger partial charge in [0.1, 0.15) is 5.92 Å². The molecule has 0 unspecified atom stereocenters. The summed E-state index contributed by atoms with van der Waals surface area (Å²) in [5.41, 5.74) is 5.00. The molecule has 0 aliphatic heterocycles. The summed E-state index contributed by atoms with van der Waals surface area (Å²) < 4.78 is 0. The molecule has 3 aromatic carbocycles. The van der Waals surface area contributed by atoms with Gasteiger partial charge < -0.3 is 10.6 Å². The van der Waals surface area contributed by atoms with Crippen molar-refractivity contribution in [3.63, 3.8) is 0 Å². The standard InChI is InChI=1S/C25H26N2O2/c1-18-8-12-20(13-9-18)16-26-24(28)23(22-6-4-3-5-7-22)25(29)27-17-21-14-10-19(2)11-15-21/h3-15,23H,16-17H2,1-2H3,(H,26,28)(H,27,29). The largest absolute Gasteiger partial charge is 0.351 e. The van der Waals surface area contributed by atoms with E-state index in [-0.39, 0.29) is 11.8 Å². The highest BCUT2D eigenvalue weighted by Gasteiger charge is 2.28. The maximum absolute atomic E-state index is 12.9. The number of nitrogens with one attached hydrogen (secondary N) is 2. The van der Waals surface area contributed by atoms with Gasteiger partial charge in [-0.25, -0.2) is 0 Å². The molecule has 4 nitrogen and oxygen atoms in total. The average Bonchev–Trinajstić information content (AvgIpc) is 2.74. The molecular weight excluding hydrogens is 360 g/mol. The van der Waals surface area contributed by atoms with Crippen LogP contribution in [0.1, 0.15) is 33.7 Å². The highest BCUT2D eigenvalue weighted by Crippen LogP contribution is 2.17. The molecule has 2 amide bonds. The molecule has 0 fully saturated rings. The van der Waals surface area contributed by atoms with Crippen LogP contribution in [0.4, 0.5) is 0 Å². The Morgan fingerprint density at radius 2 is 1.07 bits per heavy atom. The van der Waals surface area contributed by atoms with Crippen LogP contribution in [-0.4, -0.2) is 11.8 Å². The minimum absolute atomic E-state index is 0.307. The van der Waals surface area contributed by atoms with Gasteiger partial charge >= 0.3 is 0 Å². The third-order valence-electron chi connectivity index (χ3n) is 4.83. The predicted molar refractivity (Wildman–Crippen MR) is 115 cm³/mol. The van der Waals surface area contributed by atoms with Crippen LogP contribution in [0.5, 0.6) is 0 Å². The summed E-state index contributed by atoms with van der Waals surface area (Å²) >= 11 is 0. The van der Waals surface area contributed by atoms with E-state index < -0.39 is 5.92 Å². The van der Waals surface area contributed by atoms with Crippen LogP contribution in [0, 0.1) is 13.8 Å². The number of carbonyl (C=O) groups excluding carboxylic acids is 2. The van der Waals surface area contributed by atoms with Crippen LogP contribution in [0.25, 0.3) is 0 Å². The second-order valence-electron chi connectivity index (χ2n) is 7.25. The summed E-state index contributed by atoms with van der Waals surface area (Å²) in [6.45, 7) is 4.81. The van der Waals surface area contributed by atoms with E-state index in [1.54, 1.807) is 0 Å². The molecule has 3 aromatic rings. The van der Waals surface area contributed by atoms with Crippen molar-refractivity contribution in [3.8, 4) is 0 Å². The molecule has 0 saturated carbocycles. The summed E-state index contributed by atoms with van der Waals surface area (Å²) in [5.74, 6) is -1.51. The Balaban J connectivity index is 1.69. The molecule has 3 rings (SSSR count). The van der Waals surface area contributed by atoms with Crippen molar-refractivity contribution >= 4 is 11.8 Å². The topological polar surface area (TPSA) is 58.2 Å². The van der Waals surface area contributed by atoms with Crippen molar-refractivity contribution in [1.29, 1.82) is 0 Å². The highest BCUT2D eigenvalue weighted by molar-refractivity contribution is 6.05. The second kappa shape index (κ2) is 9.69. The molecule has 0 aliphatic rings. The Morgan fingerprint density at radius 3 is 1.48 bits per heavy atom. The Labute approximate surface area is 172 Å². The average molecular weight is 386 g/mol. The maximum Gasteiger partial charge on any atom is 0.237 e. The maximum atomic E-state index is 12.9. The summed E-state index contributed by atoms with van der Waals surface area (Å²) in [6.07, 6.45) is 0. The zero-order chi connectivity index (χ0) is 20.6. The monoisotopic (exact) mass is 386 g/mol. The van der Waals surface area contributed by atoms with Crippen molar-refractivity contribution in [1.82, 2.24) is 10.6 Å². The van der Waals surface area contributed by atoms with Gasteiger partial charge in [0.05, 0.1) is 0 Å². The van der Waals surface area contributed by atoms with E-state index in [0.717, 1.165) is 22.3 Å². The van der Waals surface area contributed by atoms with Crippen LogP contribution < -0.4 is 10.6 Å². The molecule has 0 atom stereocenters. The van der Waals surface area contributed by atoms with Gasteiger partial charge in [0.15, 0.2) is 0 Å². The van der Waals surface area contributed by atoms with Gasteiger partial charge in [0, 0.05) is 13.1 Å². The summed E-state index contributed by atoms with van der Waals surface area (Å²) in [7, 11) is 0. The molecule has 0 heterocycles. The molecule has 0 saturated heterocycles. The molecule has 0 spiro atoms. The number of rotatable bonds is 7. The number of benzene rings is 3. The van der Waals surface area contributed by atoms with Gasteiger partial charge in [0.25, 0.3) is 0 Å². The van der Waals surface area contributed by atoms with Crippen LogP contribution in [0.3, 0.4) is 0 Å². The van der Waals surface area contributed by atoms with E-state index in [9.17, 15) is 9.59 Å². The number of aryl methyl sites for hydroxylation is 2. The third-order valence-corrected chi connectivity index (χ3v) is 4.83. The first-order valence-electron chi connectivity index (χ1n) is 9.74. The molecule has 0 aromatic heterocycles. The molecule has 148 valence electrons. The van der Waals surface area contributed by atoms with Crippen LogP contribution in [-0.2, 0) is 22.7 Å². The molecule has 0 aliphatic carbocycles. The molecule has 2 N–H and O–H groups in total. The Morgan fingerprint density at radius 1 is 0.655 bits per heavy atom. The van der Waals surface area contributed by atoms with Crippen molar-refractivity contribution in [2.24, 2.45) is 0 Å². The second-order valence-corrected chi connectivity index (χ2v) is 7.25. The molecule has 4 heteroatoms. The zero-order valence-corrected chi connectivity index (χ0v) is 16.8. The summed E-state index contributed by atoms with van der Waals surface area (Å²) in [4.78, 5) is 25.8. The molecule has 0 radical (unpaired) electrons. The Kier molecular flexibility index (Phi) is 6.80. The number of carbonyl (C=O) groups is 2. The van der Waals surface area contributed by atoms with E-state index in [0.29, 0.717) is 18.7 Å². The predicted octanol–water partition coefficient (Wildman–Crippen LogP) is 4.02. The lowest BCUT2D eigenvalue weighted by Crippen LogP contribution is -2.39. The number of hydrogen-bond acceptors (Lipinski definition) is 2. The van der Waals surface area contributed by atoms with E-state index in [4.69, 9.17) is 0 Å². The van der Waals surface area contributed by atoms with E-state index in [2.05, 4.69) is 10.6 Å². The fourth-order valence-corrected chi connectivity index (χ4v) is 3.06. The van der Waals surface area contributed by atoms with Crippen molar-refractivity contribution in [3.05, 3.63) is 107 Å². The number of hydrogen-bond donors (Lipinski definition) is 2. The fraction of sp³-hybridized carbons (Fsp3) is 0.200. The quantitative estimate of drug-likeness (QED) is 0.603. The van der Waals surface area contributed by atoms with Gasteiger partial charge in [-0.05, 0) is 30.5 Å².